The van der Waals surface area contributed by atoms with Gasteiger partial charge in [0, 0.05) is 18.2 Å². The van der Waals surface area contributed by atoms with Crippen LogP contribution in [0.5, 0.6) is 5.75 Å². The second-order valence-electron chi connectivity index (χ2n) is 4.41. The summed E-state index contributed by atoms with van der Waals surface area (Å²) in [5.41, 5.74) is 2.32. The van der Waals surface area contributed by atoms with Gasteiger partial charge in [-0.25, -0.2) is 0 Å². The van der Waals surface area contributed by atoms with Gasteiger partial charge in [0.15, 0.2) is 0 Å². The van der Waals surface area contributed by atoms with Crippen molar-refractivity contribution in [3.8, 4) is 5.75 Å². The average molecular weight is 275 g/mol. The Kier molecular flexibility index (Phi) is 4.76. The van der Waals surface area contributed by atoms with Gasteiger partial charge in [0.25, 0.3) is 0 Å². The van der Waals surface area contributed by atoms with Gasteiger partial charge in [-0.05, 0) is 25.5 Å². The van der Waals surface area contributed by atoms with Crippen LogP contribution >= 0.6 is 0 Å². The smallest absolute Gasteiger partial charge is 0.486 e. The normalized spacial score (nSPS) is 10.6. The van der Waals surface area contributed by atoms with E-state index in [1.165, 1.54) is 6.20 Å². The van der Waals surface area contributed by atoms with E-state index < -0.39 is 7.12 Å². The molecule has 0 unspecified atom stereocenters. The van der Waals surface area contributed by atoms with Crippen LogP contribution in [0.3, 0.4) is 0 Å². The van der Waals surface area contributed by atoms with Crippen LogP contribution in [0.4, 0.5) is 0 Å². The molecule has 7 heteroatoms. The minimum Gasteiger partial charge on any atom is -0.486 e. The quantitative estimate of drug-likeness (QED) is 0.732. The van der Waals surface area contributed by atoms with Crippen LogP contribution < -0.4 is 10.2 Å². The van der Waals surface area contributed by atoms with Crippen molar-refractivity contribution in [3.05, 3.63) is 35.9 Å². The first-order valence-corrected chi connectivity index (χ1v) is 6.63. The molecule has 0 aliphatic rings. The maximum Gasteiger partial charge on any atom is 0.490 e. The molecule has 2 heterocycles. The molecule has 0 saturated carbocycles. The summed E-state index contributed by atoms with van der Waals surface area (Å²) in [6.45, 7) is 5.24. The van der Waals surface area contributed by atoms with E-state index in [2.05, 4.69) is 17.0 Å². The molecule has 0 amide bonds. The van der Waals surface area contributed by atoms with E-state index in [0.717, 1.165) is 24.4 Å². The van der Waals surface area contributed by atoms with Crippen molar-refractivity contribution >= 4 is 12.6 Å². The second-order valence-corrected chi connectivity index (χ2v) is 4.41. The maximum absolute atomic E-state index is 9.10. The third kappa shape index (κ3) is 3.37. The van der Waals surface area contributed by atoms with Crippen molar-refractivity contribution in [1.29, 1.82) is 0 Å². The lowest BCUT2D eigenvalue weighted by Crippen LogP contribution is -2.30. The summed E-state index contributed by atoms with van der Waals surface area (Å²) in [5.74, 6) is 0.498. The number of aryl methyl sites for hydroxylation is 2. The van der Waals surface area contributed by atoms with Crippen molar-refractivity contribution in [2.24, 2.45) is 0 Å². The van der Waals surface area contributed by atoms with Gasteiger partial charge in [0.1, 0.15) is 12.4 Å². The third-order valence-electron chi connectivity index (χ3n) is 2.99. The van der Waals surface area contributed by atoms with E-state index in [9.17, 15) is 0 Å². The molecule has 2 N–H and O–H groups in total. The molecule has 0 bridgehead atoms. The first kappa shape index (κ1) is 14.6. The number of hydrogen-bond donors (Lipinski definition) is 2. The highest BCUT2D eigenvalue weighted by Crippen LogP contribution is 2.11. The molecule has 0 aliphatic carbocycles. The number of hydrogen-bond acceptors (Lipinski definition) is 5. The number of pyridine rings is 1. The van der Waals surface area contributed by atoms with Crippen LogP contribution in [0.15, 0.2) is 24.5 Å². The molecule has 2 rings (SSSR count). The fraction of sp³-hybridized carbons (Fsp3) is 0.385. The molecule has 0 aromatic carbocycles. The van der Waals surface area contributed by atoms with E-state index in [1.807, 2.05) is 17.7 Å². The predicted molar refractivity (Wildman–Crippen MR) is 75.7 cm³/mol. The molecule has 106 valence electrons. The SMILES string of the molecule is CCc1cc(COc2cncc(B(O)O)c2)n(CC)n1. The van der Waals surface area contributed by atoms with Crippen LogP contribution in [-0.2, 0) is 19.6 Å². The molecule has 20 heavy (non-hydrogen) atoms. The van der Waals surface area contributed by atoms with Crippen LogP contribution in [0.1, 0.15) is 25.2 Å². The molecule has 0 saturated heterocycles. The molecular weight excluding hydrogens is 257 g/mol. The van der Waals surface area contributed by atoms with Crippen molar-refractivity contribution in [1.82, 2.24) is 14.8 Å². The van der Waals surface area contributed by atoms with Gasteiger partial charge in [-0.2, -0.15) is 5.10 Å². The zero-order valence-electron chi connectivity index (χ0n) is 11.7. The fourth-order valence-electron chi connectivity index (χ4n) is 1.89. The summed E-state index contributed by atoms with van der Waals surface area (Å²) in [6.07, 6.45) is 3.82. The Morgan fingerprint density at radius 1 is 1.25 bits per heavy atom. The number of rotatable bonds is 6. The summed E-state index contributed by atoms with van der Waals surface area (Å²) in [6, 6.07) is 3.58. The van der Waals surface area contributed by atoms with Gasteiger partial charge in [0.2, 0.25) is 0 Å². The monoisotopic (exact) mass is 275 g/mol. The first-order chi connectivity index (χ1) is 9.63. The van der Waals surface area contributed by atoms with Crippen molar-refractivity contribution in [3.63, 3.8) is 0 Å². The maximum atomic E-state index is 9.10. The highest BCUT2D eigenvalue weighted by atomic mass is 16.5. The van der Waals surface area contributed by atoms with E-state index in [-0.39, 0.29) is 0 Å². The number of aromatic nitrogens is 3. The van der Waals surface area contributed by atoms with Gasteiger partial charge in [-0.15, -0.1) is 0 Å². The second kappa shape index (κ2) is 6.54. The number of nitrogens with zero attached hydrogens (tertiary/aromatic N) is 3. The summed E-state index contributed by atoms with van der Waals surface area (Å²) >= 11 is 0. The molecular formula is C13H18BN3O3. The molecule has 0 spiro atoms. The van der Waals surface area contributed by atoms with Gasteiger partial charge in [-0.1, -0.05) is 6.92 Å². The molecule has 2 aromatic heterocycles. The van der Waals surface area contributed by atoms with Gasteiger partial charge >= 0.3 is 7.12 Å². The Balaban J connectivity index is 2.08. The Hall–Kier alpha value is -1.86. The fourth-order valence-corrected chi connectivity index (χ4v) is 1.89. The van der Waals surface area contributed by atoms with E-state index in [0.29, 0.717) is 17.8 Å². The van der Waals surface area contributed by atoms with E-state index >= 15 is 0 Å². The summed E-state index contributed by atoms with van der Waals surface area (Å²) in [4.78, 5) is 3.91. The zero-order chi connectivity index (χ0) is 14.5. The van der Waals surface area contributed by atoms with Crippen LogP contribution in [-0.4, -0.2) is 31.9 Å². The highest BCUT2D eigenvalue weighted by molar-refractivity contribution is 6.58. The van der Waals surface area contributed by atoms with E-state index in [4.69, 9.17) is 14.8 Å². The standard InChI is InChI=1S/C13H18BN3O3/c1-3-11-6-12(17(4-2)16-11)9-20-13-5-10(14(18)19)7-15-8-13/h5-8,18-19H,3-4,9H2,1-2H3. The van der Waals surface area contributed by atoms with Gasteiger partial charge < -0.3 is 14.8 Å². The first-order valence-electron chi connectivity index (χ1n) is 6.63. The molecule has 0 atom stereocenters. The minimum absolute atomic E-state index is 0.306. The lowest BCUT2D eigenvalue weighted by Gasteiger charge is -2.08. The van der Waals surface area contributed by atoms with Crippen molar-refractivity contribution < 1.29 is 14.8 Å². The number of ether oxygens (including phenoxy) is 1. The molecule has 0 fully saturated rings. The Morgan fingerprint density at radius 3 is 2.70 bits per heavy atom. The summed E-state index contributed by atoms with van der Waals surface area (Å²) in [5, 5.41) is 22.6. The average Bonchev–Trinajstić information content (AvgIpc) is 2.88. The largest absolute Gasteiger partial charge is 0.490 e. The summed E-state index contributed by atoms with van der Waals surface area (Å²) < 4.78 is 7.54. The topological polar surface area (TPSA) is 80.4 Å². The van der Waals surface area contributed by atoms with Crippen LogP contribution in [0, 0.1) is 0 Å². The molecule has 0 aliphatic heterocycles. The molecule has 0 radical (unpaired) electrons. The van der Waals surface area contributed by atoms with Gasteiger partial charge in [0.05, 0.1) is 17.6 Å². The Bertz CT molecular complexity index is 572. The van der Waals surface area contributed by atoms with Crippen molar-refractivity contribution in [2.75, 3.05) is 0 Å². The molecule has 6 nitrogen and oxygen atoms in total. The van der Waals surface area contributed by atoms with E-state index in [1.54, 1.807) is 12.3 Å². The Morgan fingerprint density at radius 2 is 2.05 bits per heavy atom. The lowest BCUT2D eigenvalue weighted by molar-refractivity contribution is 0.291. The van der Waals surface area contributed by atoms with Crippen LogP contribution in [0.25, 0.3) is 0 Å². The zero-order valence-corrected chi connectivity index (χ0v) is 11.7. The minimum atomic E-state index is -1.54. The predicted octanol–water partition coefficient (Wildman–Crippen LogP) is 0.119. The third-order valence-corrected chi connectivity index (χ3v) is 2.99. The lowest BCUT2D eigenvalue weighted by atomic mass is 9.82. The van der Waals surface area contributed by atoms with Gasteiger partial charge in [-0.3, -0.25) is 9.67 Å². The highest BCUT2D eigenvalue weighted by Gasteiger charge is 2.12. The van der Waals surface area contributed by atoms with Crippen molar-refractivity contribution in [2.45, 2.75) is 33.4 Å². The summed E-state index contributed by atoms with van der Waals surface area (Å²) in [7, 11) is -1.54. The van der Waals surface area contributed by atoms with Crippen LogP contribution in [0.2, 0.25) is 0 Å². The Labute approximate surface area is 118 Å². The molecule has 2 aromatic rings.